The average Bonchev–Trinajstić information content (AvgIpc) is 3.14. The van der Waals surface area contributed by atoms with E-state index in [1.165, 1.54) is 29.2 Å². The molecule has 0 radical (unpaired) electrons. The Hall–Kier alpha value is -2.41. The summed E-state index contributed by atoms with van der Waals surface area (Å²) in [5.74, 6) is -0.575. The summed E-state index contributed by atoms with van der Waals surface area (Å²) in [7, 11) is 0. The third-order valence-corrected chi connectivity index (χ3v) is 4.41. The number of halogens is 1. The van der Waals surface area contributed by atoms with Crippen molar-refractivity contribution in [3.05, 3.63) is 41.5 Å². The molecule has 1 N–H and O–H groups in total. The van der Waals surface area contributed by atoms with Gasteiger partial charge < -0.3 is 10.1 Å². The van der Waals surface area contributed by atoms with Crippen LogP contribution >= 0.6 is 11.3 Å². The molecule has 1 aromatic heterocycles. The van der Waals surface area contributed by atoms with Crippen LogP contribution in [0.15, 0.2) is 35.7 Å². The molecule has 1 aliphatic rings. The molecule has 0 spiro atoms. The van der Waals surface area contributed by atoms with Gasteiger partial charge in [-0.1, -0.05) is 6.07 Å². The van der Waals surface area contributed by atoms with Crippen molar-refractivity contribution in [3.8, 4) is 10.4 Å². The second-order valence-corrected chi connectivity index (χ2v) is 6.14. The van der Waals surface area contributed by atoms with E-state index in [-0.39, 0.29) is 24.8 Å². The number of hydrogen-bond acceptors (Lipinski definition) is 4. The zero-order valence-electron chi connectivity index (χ0n) is 12.4. The number of benzene rings is 1. The lowest BCUT2D eigenvalue weighted by Crippen LogP contribution is -2.33. The number of nitrogens with zero attached hydrogens (tertiary/aromatic N) is 1. The zero-order chi connectivity index (χ0) is 16.4. The smallest absolute Gasteiger partial charge is 0.414 e. The Kier molecular flexibility index (Phi) is 4.29. The minimum absolute atomic E-state index is 0.189. The molecule has 2 aromatic rings. The van der Waals surface area contributed by atoms with Gasteiger partial charge in [0.15, 0.2) is 0 Å². The second-order valence-electron chi connectivity index (χ2n) is 5.19. The fraction of sp³-hybridized carbons (Fsp3) is 0.250. The Labute approximate surface area is 136 Å². The first kappa shape index (κ1) is 15.5. The van der Waals surface area contributed by atoms with Gasteiger partial charge in [-0.3, -0.25) is 9.69 Å². The van der Waals surface area contributed by atoms with Crippen LogP contribution in [-0.4, -0.2) is 31.2 Å². The fourth-order valence-electron chi connectivity index (χ4n) is 2.40. The molecule has 1 saturated heterocycles. The van der Waals surface area contributed by atoms with Crippen molar-refractivity contribution < 1.29 is 18.7 Å². The van der Waals surface area contributed by atoms with Crippen LogP contribution in [0.25, 0.3) is 10.4 Å². The number of carbonyl (C=O) groups is 2. The van der Waals surface area contributed by atoms with E-state index in [0.717, 1.165) is 4.88 Å². The van der Waals surface area contributed by atoms with Gasteiger partial charge in [0.2, 0.25) is 5.91 Å². The van der Waals surface area contributed by atoms with Crippen LogP contribution in [0.5, 0.6) is 0 Å². The number of ether oxygens (including phenoxy) is 1. The number of thiophene rings is 1. The molecule has 0 unspecified atom stereocenters. The minimum Gasteiger partial charge on any atom is -0.442 e. The standard InChI is InChI=1S/C16H15FN2O3S/c1-10(20)18-8-12-9-19(16(21)22-12)11-4-5-13(14(17)7-11)15-3-2-6-23-15/h2-7,12H,8-9H2,1H3,(H,18,20)/t12-/m0/s1. The molecule has 1 atom stereocenters. The number of cyclic esters (lactones) is 1. The molecule has 0 saturated carbocycles. The Bertz CT molecular complexity index is 733. The number of rotatable bonds is 4. The number of anilines is 1. The van der Waals surface area contributed by atoms with Crippen LogP contribution in [-0.2, 0) is 9.53 Å². The van der Waals surface area contributed by atoms with Crippen molar-refractivity contribution in [1.82, 2.24) is 5.32 Å². The van der Waals surface area contributed by atoms with Crippen LogP contribution < -0.4 is 10.2 Å². The first-order valence-corrected chi connectivity index (χ1v) is 7.98. The topological polar surface area (TPSA) is 58.6 Å². The number of amides is 2. The molecule has 3 rings (SSSR count). The Balaban J connectivity index is 1.76. The molecule has 1 aromatic carbocycles. The van der Waals surface area contributed by atoms with Gasteiger partial charge >= 0.3 is 6.09 Å². The van der Waals surface area contributed by atoms with Crippen molar-refractivity contribution in [1.29, 1.82) is 0 Å². The van der Waals surface area contributed by atoms with E-state index in [4.69, 9.17) is 4.74 Å². The van der Waals surface area contributed by atoms with Crippen LogP contribution in [0, 0.1) is 5.82 Å². The maximum absolute atomic E-state index is 14.3. The van der Waals surface area contributed by atoms with Crippen molar-refractivity contribution in [3.63, 3.8) is 0 Å². The van der Waals surface area contributed by atoms with E-state index in [0.29, 0.717) is 11.3 Å². The summed E-state index contributed by atoms with van der Waals surface area (Å²) in [6, 6.07) is 8.39. The third kappa shape index (κ3) is 3.34. The minimum atomic E-state index is -0.538. The highest BCUT2D eigenvalue weighted by molar-refractivity contribution is 7.13. The van der Waals surface area contributed by atoms with E-state index < -0.39 is 12.2 Å². The fourth-order valence-corrected chi connectivity index (χ4v) is 3.15. The molecule has 2 amide bonds. The maximum Gasteiger partial charge on any atom is 0.414 e. The Morgan fingerprint density at radius 3 is 2.96 bits per heavy atom. The molecule has 23 heavy (non-hydrogen) atoms. The normalized spacial score (nSPS) is 17.2. The number of hydrogen-bond donors (Lipinski definition) is 1. The lowest BCUT2D eigenvalue weighted by Gasteiger charge is -2.14. The lowest BCUT2D eigenvalue weighted by atomic mass is 10.1. The van der Waals surface area contributed by atoms with E-state index >= 15 is 0 Å². The Morgan fingerprint density at radius 2 is 2.30 bits per heavy atom. The quantitative estimate of drug-likeness (QED) is 0.935. The monoisotopic (exact) mass is 334 g/mol. The summed E-state index contributed by atoms with van der Waals surface area (Å²) in [6.07, 6.45) is -0.977. The van der Waals surface area contributed by atoms with Crippen LogP contribution in [0.4, 0.5) is 14.9 Å². The van der Waals surface area contributed by atoms with Crippen molar-refractivity contribution >= 4 is 29.0 Å². The maximum atomic E-state index is 14.3. The van der Waals surface area contributed by atoms with Crippen molar-refractivity contribution in [2.45, 2.75) is 13.0 Å². The third-order valence-electron chi connectivity index (χ3n) is 3.50. The molecular formula is C16H15FN2O3S. The van der Waals surface area contributed by atoms with Gasteiger partial charge in [0.1, 0.15) is 11.9 Å². The predicted octanol–water partition coefficient (Wildman–Crippen LogP) is 3.02. The van der Waals surface area contributed by atoms with E-state index in [9.17, 15) is 14.0 Å². The highest BCUT2D eigenvalue weighted by atomic mass is 32.1. The lowest BCUT2D eigenvalue weighted by molar-refractivity contribution is -0.119. The molecule has 0 aliphatic carbocycles. The van der Waals surface area contributed by atoms with Gasteiger partial charge in [-0.15, -0.1) is 11.3 Å². The summed E-state index contributed by atoms with van der Waals surface area (Å²) in [4.78, 5) is 25.0. The molecule has 5 nitrogen and oxygen atoms in total. The SMILES string of the molecule is CC(=O)NC[C@H]1CN(c2ccc(-c3cccs3)c(F)c2)C(=O)O1. The average molecular weight is 334 g/mol. The van der Waals surface area contributed by atoms with Gasteiger partial charge in [-0.05, 0) is 29.6 Å². The van der Waals surface area contributed by atoms with Crippen LogP contribution in [0.3, 0.4) is 0 Å². The predicted molar refractivity (Wildman–Crippen MR) is 86.0 cm³/mol. The number of carbonyl (C=O) groups excluding carboxylic acids is 2. The highest BCUT2D eigenvalue weighted by Crippen LogP contribution is 2.31. The van der Waals surface area contributed by atoms with Gasteiger partial charge in [0, 0.05) is 17.4 Å². The van der Waals surface area contributed by atoms with E-state index in [1.807, 2.05) is 17.5 Å². The largest absolute Gasteiger partial charge is 0.442 e. The molecule has 2 heterocycles. The molecule has 120 valence electrons. The Morgan fingerprint density at radius 1 is 1.48 bits per heavy atom. The molecule has 1 aliphatic heterocycles. The van der Waals surface area contributed by atoms with Crippen LogP contribution in [0.2, 0.25) is 0 Å². The van der Waals surface area contributed by atoms with Gasteiger partial charge in [-0.2, -0.15) is 0 Å². The number of nitrogens with one attached hydrogen (secondary N) is 1. The van der Waals surface area contributed by atoms with Gasteiger partial charge in [-0.25, -0.2) is 9.18 Å². The van der Waals surface area contributed by atoms with Crippen molar-refractivity contribution in [2.75, 3.05) is 18.0 Å². The van der Waals surface area contributed by atoms with Gasteiger partial charge in [0.05, 0.1) is 18.8 Å². The van der Waals surface area contributed by atoms with Crippen LogP contribution in [0.1, 0.15) is 6.92 Å². The van der Waals surface area contributed by atoms with E-state index in [1.54, 1.807) is 12.1 Å². The first-order chi connectivity index (χ1) is 11.0. The zero-order valence-corrected chi connectivity index (χ0v) is 13.2. The van der Waals surface area contributed by atoms with Gasteiger partial charge in [0.25, 0.3) is 0 Å². The summed E-state index contributed by atoms with van der Waals surface area (Å²) < 4.78 is 19.5. The molecule has 1 fully saturated rings. The highest BCUT2D eigenvalue weighted by Gasteiger charge is 2.32. The molecular weight excluding hydrogens is 319 g/mol. The van der Waals surface area contributed by atoms with E-state index in [2.05, 4.69) is 5.32 Å². The first-order valence-electron chi connectivity index (χ1n) is 7.10. The van der Waals surface area contributed by atoms with Crippen molar-refractivity contribution in [2.24, 2.45) is 0 Å². The molecule has 0 bridgehead atoms. The summed E-state index contributed by atoms with van der Waals surface area (Å²) in [5, 5.41) is 4.49. The second kappa shape index (κ2) is 6.37. The summed E-state index contributed by atoms with van der Waals surface area (Å²) in [5.41, 5.74) is 0.948. The summed E-state index contributed by atoms with van der Waals surface area (Å²) in [6.45, 7) is 1.91. The summed E-state index contributed by atoms with van der Waals surface area (Å²) >= 11 is 1.45. The molecule has 7 heteroatoms.